The molecule has 0 radical (unpaired) electrons. The zero-order valence-electron chi connectivity index (χ0n) is 15.1. The van der Waals surface area contributed by atoms with E-state index in [1.807, 2.05) is 13.0 Å². The average molecular weight is 386 g/mol. The van der Waals surface area contributed by atoms with E-state index in [-0.39, 0.29) is 17.1 Å². The Kier molecular flexibility index (Phi) is 5.49. The molecule has 1 heterocycles. The van der Waals surface area contributed by atoms with Crippen molar-refractivity contribution in [2.75, 3.05) is 19.0 Å². The molecule has 0 atom stereocenters. The van der Waals surface area contributed by atoms with Crippen LogP contribution >= 0.6 is 0 Å². The Morgan fingerprint density at radius 2 is 1.89 bits per heavy atom. The summed E-state index contributed by atoms with van der Waals surface area (Å²) < 4.78 is 36.8. The number of halogens is 2. The van der Waals surface area contributed by atoms with Gasteiger partial charge in [0.15, 0.2) is 12.3 Å². The second-order valence-electron chi connectivity index (χ2n) is 5.98. The molecule has 0 saturated heterocycles. The fourth-order valence-electron chi connectivity index (χ4n) is 2.56. The first kappa shape index (κ1) is 19.2. The van der Waals surface area contributed by atoms with Crippen LogP contribution in [0.5, 0.6) is 5.75 Å². The van der Waals surface area contributed by atoms with E-state index < -0.39 is 30.1 Å². The standard InChI is InChI=1S/C20H16F2N2O4/c1-11-3-5-15-13(7-11)18(9-17(23-15)20(26)27-2)28-10-19(25)24-16-6-4-12(21)8-14(16)22/h3-9H,10H2,1-2H3,(H,24,25). The van der Waals surface area contributed by atoms with Crippen LogP contribution in [0.15, 0.2) is 42.5 Å². The highest BCUT2D eigenvalue weighted by molar-refractivity contribution is 5.95. The number of nitrogens with zero attached hydrogens (tertiary/aromatic N) is 1. The zero-order valence-corrected chi connectivity index (χ0v) is 15.1. The highest BCUT2D eigenvalue weighted by atomic mass is 19.1. The largest absolute Gasteiger partial charge is 0.483 e. The molecular weight excluding hydrogens is 370 g/mol. The van der Waals surface area contributed by atoms with E-state index in [0.29, 0.717) is 17.0 Å². The van der Waals surface area contributed by atoms with Crippen LogP contribution in [0.25, 0.3) is 10.9 Å². The number of rotatable bonds is 5. The van der Waals surface area contributed by atoms with Gasteiger partial charge in [0.2, 0.25) is 0 Å². The van der Waals surface area contributed by atoms with Crippen molar-refractivity contribution < 1.29 is 27.8 Å². The topological polar surface area (TPSA) is 77.5 Å². The number of aryl methyl sites for hydroxylation is 1. The minimum absolute atomic E-state index is 0.0267. The van der Waals surface area contributed by atoms with Crippen LogP contribution in [0.4, 0.5) is 14.5 Å². The van der Waals surface area contributed by atoms with Gasteiger partial charge in [-0.05, 0) is 31.2 Å². The van der Waals surface area contributed by atoms with Crippen molar-refractivity contribution >= 4 is 28.5 Å². The Hall–Kier alpha value is -3.55. The van der Waals surface area contributed by atoms with E-state index in [4.69, 9.17) is 4.74 Å². The minimum atomic E-state index is -0.897. The molecule has 6 nitrogen and oxygen atoms in total. The summed E-state index contributed by atoms with van der Waals surface area (Å²) in [4.78, 5) is 28.1. The van der Waals surface area contributed by atoms with Gasteiger partial charge in [-0.25, -0.2) is 18.6 Å². The molecule has 28 heavy (non-hydrogen) atoms. The summed E-state index contributed by atoms with van der Waals surface area (Å²) in [5.74, 6) is -2.69. The fourth-order valence-corrected chi connectivity index (χ4v) is 2.56. The number of carbonyl (C=O) groups is 2. The summed E-state index contributed by atoms with van der Waals surface area (Å²) in [6, 6.07) is 9.53. The molecule has 0 fully saturated rings. The average Bonchev–Trinajstić information content (AvgIpc) is 2.67. The van der Waals surface area contributed by atoms with Crippen molar-refractivity contribution in [1.82, 2.24) is 4.98 Å². The van der Waals surface area contributed by atoms with E-state index >= 15 is 0 Å². The summed E-state index contributed by atoms with van der Waals surface area (Å²) in [5, 5.41) is 2.91. The third-order valence-electron chi connectivity index (χ3n) is 3.88. The summed E-state index contributed by atoms with van der Waals surface area (Å²) in [5.41, 5.74) is 1.29. The molecule has 1 amide bonds. The van der Waals surface area contributed by atoms with Crippen LogP contribution in [0.3, 0.4) is 0 Å². The normalized spacial score (nSPS) is 10.6. The fraction of sp³-hybridized carbons (Fsp3) is 0.150. The second-order valence-corrected chi connectivity index (χ2v) is 5.98. The number of hydrogen-bond acceptors (Lipinski definition) is 5. The Bertz CT molecular complexity index is 1070. The van der Waals surface area contributed by atoms with Gasteiger partial charge in [-0.2, -0.15) is 0 Å². The predicted molar refractivity (Wildman–Crippen MR) is 98.3 cm³/mol. The molecule has 1 N–H and O–H groups in total. The van der Waals surface area contributed by atoms with Gasteiger partial charge < -0.3 is 14.8 Å². The summed E-state index contributed by atoms with van der Waals surface area (Å²) in [6.45, 7) is 1.42. The summed E-state index contributed by atoms with van der Waals surface area (Å²) in [7, 11) is 1.23. The molecule has 2 aromatic carbocycles. The maximum Gasteiger partial charge on any atom is 0.356 e. The molecule has 0 unspecified atom stereocenters. The van der Waals surface area contributed by atoms with E-state index in [1.165, 1.54) is 13.2 Å². The molecule has 0 bridgehead atoms. The quantitative estimate of drug-likeness (QED) is 0.678. The van der Waals surface area contributed by atoms with Gasteiger partial charge in [-0.15, -0.1) is 0 Å². The van der Waals surface area contributed by atoms with Crippen molar-refractivity contribution in [3.05, 3.63) is 65.4 Å². The number of carbonyl (C=O) groups excluding carboxylic acids is 2. The molecule has 1 aromatic heterocycles. The monoisotopic (exact) mass is 386 g/mol. The smallest absolute Gasteiger partial charge is 0.356 e. The molecule has 144 valence electrons. The first-order valence-corrected chi connectivity index (χ1v) is 8.25. The third-order valence-corrected chi connectivity index (χ3v) is 3.88. The van der Waals surface area contributed by atoms with Crippen LogP contribution in [-0.4, -0.2) is 30.6 Å². The molecule has 3 aromatic rings. The van der Waals surface area contributed by atoms with Gasteiger partial charge in [0.25, 0.3) is 5.91 Å². The molecule has 0 aliphatic heterocycles. The van der Waals surface area contributed by atoms with Crippen molar-refractivity contribution in [3.8, 4) is 5.75 Å². The number of ether oxygens (including phenoxy) is 2. The van der Waals surface area contributed by atoms with Gasteiger partial charge in [0, 0.05) is 17.5 Å². The minimum Gasteiger partial charge on any atom is -0.483 e. The number of amides is 1. The first-order valence-electron chi connectivity index (χ1n) is 8.25. The molecule has 8 heteroatoms. The number of esters is 1. The zero-order chi connectivity index (χ0) is 20.3. The lowest BCUT2D eigenvalue weighted by molar-refractivity contribution is -0.118. The number of nitrogens with one attached hydrogen (secondary N) is 1. The second kappa shape index (κ2) is 7.99. The Balaban J connectivity index is 1.83. The number of hydrogen-bond donors (Lipinski definition) is 1. The number of methoxy groups -OCH3 is 1. The molecule has 0 spiro atoms. The van der Waals surface area contributed by atoms with Crippen molar-refractivity contribution in [2.24, 2.45) is 0 Å². The Labute approximate surface area is 159 Å². The lowest BCUT2D eigenvalue weighted by Crippen LogP contribution is -2.21. The van der Waals surface area contributed by atoms with Crippen LogP contribution in [0.2, 0.25) is 0 Å². The van der Waals surface area contributed by atoms with Crippen molar-refractivity contribution in [2.45, 2.75) is 6.92 Å². The molecule has 0 aliphatic rings. The van der Waals surface area contributed by atoms with E-state index in [9.17, 15) is 18.4 Å². The third kappa shape index (κ3) is 4.22. The lowest BCUT2D eigenvalue weighted by atomic mass is 10.1. The predicted octanol–water partition coefficient (Wildman–Crippen LogP) is 3.63. The molecular formula is C20H16F2N2O4. The van der Waals surface area contributed by atoms with Gasteiger partial charge >= 0.3 is 5.97 Å². The molecule has 0 aliphatic carbocycles. The van der Waals surface area contributed by atoms with Crippen LogP contribution in [-0.2, 0) is 9.53 Å². The van der Waals surface area contributed by atoms with Crippen LogP contribution < -0.4 is 10.1 Å². The van der Waals surface area contributed by atoms with Gasteiger partial charge in [-0.1, -0.05) is 11.6 Å². The van der Waals surface area contributed by atoms with Gasteiger partial charge in [0.1, 0.15) is 17.4 Å². The highest BCUT2D eigenvalue weighted by Crippen LogP contribution is 2.27. The summed E-state index contributed by atoms with van der Waals surface area (Å²) in [6.07, 6.45) is 0. The first-order chi connectivity index (χ1) is 13.4. The van der Waals surface area contributed by atoms with Gasteiger partial charge in [-0.3, -0.25) is 4.79 Å². The van der Waals surface area contributed by atoms with Crippen LogP contribution in [0.1, 0.15) is 16.1 Å². The van der Waals surface area contributed by atoms with Crippen LogP contribution in [0, 0.1) is 18.6 Å². The SMILES string of the molecule is COC(=O)c1cc(OCC(=O)Nc2ccc(F)cc2F)c2cc(C)ccc2n1. The molecule has 0 saturated carbocycles. The summed E-state index contributed by atoms with van der Waals surface area (Å²) >= 11 is 0. The number of benzene rings is 2. The highest BCUT2D eigenvalue weighted by Gasteiger charge is 2.15. The van der Waals surface area contributed by atoms with E-state index in [1.54, 1.807) is 12.1 Å². The number of aromatic nitrogens is 1. The lowest BCUT2D eigenvalue weighted by Gasteiger charge is -2.12. The Morgan fingerprint density at radius 1 is 1.11 bits per heavy atom. The van der Waals surface area contributed by atoms with Crippen molar-refractivity contribution in [3.63, 3.8) is 0 Å². The molecule has 3 rings (SSSR count). The van der Waals surface area contributed by atoms with Crippen molar-refractivity contribution in [1.29, 1.82) is 0 Å². The maximum absolute atomic E-state index is 13.7. The Morgan fingerprint density at radius 3 is 2.61 bits per heavy atom. The van der Waals surface area contributed by atoms with E-state index in [2.05, 4.69) is 15.0 Å². The van der Waals surface area contributed by atoms with Gasteiger partial charge in [0.05, 0.1) is 18.3 Å². The number of fused-ring (bicyclic) bond motifs is 1. The maximum atomic E-state index is 13.7. The van der Waals surface area contributed by atoms with E-state index in [0.717, 1.165) is 17.7 Å². The number of anilines is 1. The number of pyridine rings is 1.